The zero-order valence-corrected chi connectivity index (χ0v) is 6.99. The van der Waals surface area contributed by atoms with Gasteiger partial charge in [-0.3, -0.25) is 0 Å². The molecular weight excluding hydrogens is 176 g/mol. The summed E-state index contributed by atoms with van der Waals surface area (Å²) in [6.07, 6.45) is -0.186. The molecule has 0 aliphatic heterocycles. The molecule has 1 saturated carbocycles. The van der Waals surface area contributed by atoms with Gasteiger partial charge in [0.2, 0.25) is 0 Å². The van der Waals surface area contributed by atoms with Gasteiger partial charge < -0.3 is 20.8 Å². The number of carboxylic acid groups (broad SMARTS) is 2. The SMILES string of the molecule is O=C(O)N[C@H]1CC[C@H](NC(=O)O)C1. The van der Waals surface area contributed by atoms with E-state index in [1.807, 2.05) is 0 Å². The summed E-state index contributed by atoms with van der Waals surface area (Å²) < 4.78 is 0. The van der Waals surface area contributed by atoms with Crippen molar-refractivity contribution in [3.8, 4) is 0 Å². The number of hydrogen-bond donors (Lipinski definition) is 4. The van der Waals surface area contributed by atoms with Crippen molar-refractivity contribution in [2.24, 2.45) is 0 Å². The van der Waals surface area contributed by atoms with Crippen molar-refractivity contribution in [2.45, 2.75) is 31.3 Å². The maximum Gasteiger partial charge on any atom is 0.404 e. The molecule has 0 spiro atoms. The Morgan fingerprint density at radius 3 is 1.69 bits per heavy atom. The van der Waals surface area contributed by atoms with Crippen LogP contribution in [-0.2, 0) is 0 Å². The molecular formula is C7H12N2O4. The fourth-order valence-electron chi connectivity index (χ4n) is 1.59. The van der Waals surface area contributed by atoms with Gasteiger partial charge in [-0.25, -0.2) is 9.59 Å². The van der Waals surface area contributed by atoms with Crippen LogP contribution in [-0.4, -0.2) is 34.5 Å². The largest absolute Gasteiger partial charge is 0.465 e. The van der Waals surface area contributed by atoms with Gasteiger partial charge in [-0.05, 0) is 19.3 Å². The van der Waals surface area contributed by atoms with E-state index in [4.69, 9.17) is 10.2 Å². The first-order valence-corrected chi connectivity index (χ1v) is 4.07. The van der Waals surface area contributed by atoms with Crippen LogP contribution in [0.5, 0.6) is 0 Å². The Hall–Kier alpha value is -1.46. The normalized spacial score (nSPS) is 26.8. The molecule has 1 aliphatic carbocycles. The molecule has 0 aromatic carbocycles. The lowest BCUT2D eigenvalue weighted by molar-refractivity contribution is 0.188. The lowest BCUT2D eigenvalue weighted by atomic mass is 10.2. The average Bonchev–Trinajstić information content (AvgIpc) is 2.33. The standard InChI is InChI=1S/C7H12N2O4/c10-6(11)8-4-1-2-5(3-4)9-7(12)13/h4-5,8-9H,1-3H2,(H,10,11)(H,12,13)/t4-,5-/m0/s1. The first kappa shape index (κ1) is 9.63. The highest BCUT2D eigenvalue weighted by molar-refractivity contribution is 5.66. The second kappa shape index (κ2) is 3.97. The lowest BCUT2D eigenvalue weighted by Crippen LogP contribution is -2.35. The minimum atomic E-state index is -1.05. The number of rotatable bonds is 2. The minimum absolute atomic E-state index is 0.116. The molecule has 0 aromatic heterocycles. The van der Waals surface area contributed by atoms with Crippen molar-refractivity contribution >= 4 is 12.2 Å². The predicted molar refractivity (Wildman–Crippen MR) is 43.7 cm³/mol. The number of amides is 2. The van der Waals surface area contributed by atoms with Gasteiger partial charge in [-0.2, -0.15) is 0 Å². The maximum atomic E-state index is 10.2. The van der Waals surface area contributed by atoms with E-state index < -0.39 is 12.2 Å². The van der Waals surface area contributed by atoms with Crippen LogP contribution in [0.25, 0.3) is 0 Å². The third kappa shape index (κ3) is 3.18. The Balaban J connectivity index is 2.27. The molecule has 0 unspecified atom stereocenters. The summed E-state index contributed by atoms with van der Waals surface area (Å²) in [7, 11) is 0. The summed E-state index contributed by atoms with van der Waals surface area (Å²) in [6, 6.07) is -0.233. The monoisotopic (exact) mass is 188 g/mol. The van der Waals surface area contributed by atoms with Crippen LogP contribution >= 0.6 is 0 Å². The van der Waals surface area contributed by atoms with Crippen molar-refractivity contribution in [1.29, 1.82) is 0 Å². The van der Waals surface area contributed by atoms with E-state index >= 15 is 0 Å². The van der Waals surface area contributed by atoms with Crippen LogP contribution in [0.4, 0.5) is 9.59 Å². The number of hydrogen-bond acceptors (Lipinski definition) is 2. The van der Waals surface area contributed by atoms with E-state index in [-0.39, 0.29) is 12.1 Å². The molecule has 6 heteroatoms. The van der Waals surface area contributed by atoms with E-state index in [2.05, 4.69) is 10.6 Å². The molecule has 4 N–H and O–H groups in total. The highest BCUT2D eigenvalue weighted by Crippen LogP contribution is 2.18. The van der Waals surface area contributed by atoms with Crippen molar-refractivity contribution in [1.82, 2.24) is 10.6 Å². The second-order valence-corrected chi connectivity index (χ2v) is 3.11. The average molecular weight is 188 g/mol. The zero-order valence-electron chi connectivity index (χ0n) is 6.99. The van der Waals surface area contributed by atoms with Crippen LogP contribution in [0.1, 0.15) is 19.3 Å². The number of nitrogens with one attached hydrogen (secondary N) is 2. The van der Waals surface area contributed by atoms with Gasteiger partial charge >= 0.3 is 12.2 Å². The van der Waals surface area contributed by atoms with Crippen molar-refractivity contribution in [3.63, 3.8) is 0 Å². The molecule has 0 radical (unpaired) electrons. The maximum absolute atomic E-state index is 10.2. The Bertz CT molecular complexity index is 197. The molecule has 0 saturated heterocycles. The van der Waals surface area contributed by atoms with Crippen LogP contribution in [0.2, 0.25) is 0 Å². The van der Waals surface area contributed by atoms with E-state index in [0.717, 1.165) is 0 Å². The van der Waals surface area contributed by atoms with Gasteiger partial charge in [-0.15, -0.1) is 0 Å². The lowest BCUT2D eigenvalue weighted by Gasteiger charge is -2.10. The predicted octanol–water partition coefficient (Wildman–Crippen LogP) is 0.443. The summed E-state index contributed by atoms with van der Waals surface area (Å²) >= 11 is 0. The highest BCUT2D eigenvalue weighted by atomic mass is 16.4. The summed E-state index contributed by atoms with van der Waals surface area (Å²) in [5, 5.41) is 21.4. The van der Waals surface area contributed by atoms with Gasteiger partial charge in [0.05, 0.1) is 0 Å². The molecule has 1 rings (SSSR count). The minimum Gasteiger partial charge on any atom is -0.465 e. The molecule has 1 fully saturated rings. The Labute approximate surface area is 74.9 Å². The van der Waals surface area contributed by atoms with Crippen molar-refractivity contribution < 1.29 is 19.8 Å². The summed E-state index contributed by atoms with van der Waals surface area (Å²) in [5.74, 6) is 0. The fraction of sp³-hybridized carbons (Fsp3) is 0.714. The van der Waals surface area contributed by atoms with Gasteiger partial charge in [0.1, 0.15) is 0 Å². The van der Waals surface area contributed by atoms with Crippen molar-refractivity contribution in [2.75, 3.05) is 0 Å². The molecule has 74 valence electrons. The van der Waals surface area contributed by atoms with Crippen LogP contribution in [0.3, 0.4) is 0 Å². The van der Waals surface area contributed by atoms with Gasteiger partial charge in [0, 0.05) is 12.1 Å². The fourth-order valence-corrected chi connectivity index (χ4v) is 1.59. The van der Waals surface area contributed by atoms with Gasteiger partial charge in [0.25, 0.3) is 0 Å². The van der Waals surface area contributed by atoms with E-state index in [1.165, 1.54) is 0 Å². The van der Waals surface area contributed by atoms with Crippen molar-refractivity contribution in [3.05, 3.63) is 0 Å². The highest BCUT2D eigenvalue weighted by Gasteiger charge is 2.26. The van der Waals surface area contributed by atoms with Crippen LogP contribution in [0, 0.1) is 0 Å². The molecule has 0 aromatic rings. The quantitative estimate of drug-likeness (QED) is 0.505. The molecule has 1 aliphatic rings. The van der Waals surface area contributed by atoms with E-state index in [9.17, 15) is 9.59 Å². The smallest absolute Gasteiger partial charge is 0.404 e. The van der Waals surface area contributed by atoms with Crippen LogP contribution in [0.15, 0.2) is 0 Å². The zero-order chi connectivity index (χ0) is 9.84. The third-order valence-corrected chi connectivity index (χ3v) is 2.09. The molecule has 6 nitrogen and oxygen atoms in total. The second-order valence-electron chi connectivity index (χ2n) is 3.11. The Kier molecular flexibility index (Phi) is 2.94. The first-order chi connectivity index (χ1) is 6.08. The van der Waals surface area contributed by atoms with Crippen LogP contribution < -0.4 is 10.6 Å². The van der Waals surface area contributed by atoms with E-state index in [0.29, 0.717) is 19.3 Å². The Morgan fingerprint density at radius 2 is 1.38 bits per heavy atom. The summed E-state index contributed by atoms with van der Waals surface area (Å²) in [4.78, 5) is 20.5. The molecule has 0 bridgehead atoms. The molecule has 2 atom stereocenters. The Morgan fingerprint density at radius 1 is 1.00 bits per heavy atom. The summed E-state index contributed by atoms with van der Waals surface area (Å²) in [6.45, 7) is 0. The molecule has 13 heavy (non-hydrogen) atoms. The van der Waals surface area contributed by atoms with Gasteiger partial charge in [-0.1, -0.05) is 0 Å². The molecule has 0 heterocycles. The van der Waals surface area contributed by atoms with Gasteiger partial charge in [0.15, 0.2) is 0 Å². The van der Waals surface area contributed by atoms with E-state index in [1.54, 1.807) is 0 Å². The molecule has 2 amide bonds. The summed E-state index contributed by atoms with van der Waals surface area (Å²) in [5.41, 5.74) is 0. The topological polar surface area (TPSA) is 98.7 Å². The first-order valence-electron chi connectivity index (χ1n) is 4.07. The number of carbonyl (C=O) groups is 2. The third-order valence-electron chi connectivity index (χ3n) is 2.09.